The summed E-state index contributed by atoms with van der Waals surface area (Å²) >= 11 is 3.13. The van der Waals surface area contributed by atoms with Crippen molar-refractivity contribution in [2.24, 2.45) is 5.92 Å². The highest BCUT2D eigenvalue weighted by Gasteiger charge is 2.46. The zero-order valence-corrected chi connectivity index (χ0v) is 30.7. The van der Waals surface area contributed by atoms with E-state index >= 15 is 0 Å². The predicted molar refractivity (Wildman–Crippen MR) is 191 cm³/mol. The van der Waals surface area contributed by atoms with Gasteiger partial charge in [-0.3, -0.25) is 9.59 Å². The van der Waals surface area contributed by atoms with E-state index in [4.69, 9.17) is 13.8 Å². The summed E-state index contributed by atoms with van der Waals surface area (Å²) in [6, 6.07) is 22.7. The van der Waals surface area contributed by atoms with Gasteiger partial charge in [0.2, 0.25) is 11.8 Å². The Morgan fingerprint density at radius 2 is 1.44 bits per heavy atom. The van der Waals surface area contributed by atoms with E-state index in [9.17, 15) is 18.9 Å². The van der Waals surface area contributed by atoms with Crippen LogP contribution in [-0.2, 0) is 25.5 Å². The Kier molecular flexibility index (Phi) is 12.9. The molecule has 2 N–H and O–H groups in total. The third kappa shape index (κ3) is 9.74. The zero-order chi connectivity index (χ0) is 34.9. The van der Waals surface area contributed by atoms with Gasteiger partial charge >= 0.3 is 13.7 Å². The van der Waals surface area contributed by atoms with Crippen LogP contribution in [0.15, 0.2) is 88.7 Å². The van der Waals surface area contributed by atoms with Crippen molar-refractivity contribution in [2.75, 3.05) is 19.1 Å². The first-order valence-corrected chi connectivity index (χ1v) is 19.8. The van der Waals surface area contributed by atoms with Crippen LogP contribution in [0.2, 0.25) is 0 Å². The molecule has 13 heteroatoms. The number of hydrogen-bond donors (Lipinski definition) is 2. The van der Waals surface area contributed by atoms with Gasteiger partial charge in [-0.05, 0) is 99.2 Å². The topological polar surface area (TPSA) is 123 Å². The van der Waals surface area contributed by atoms with Gasteiger partial charge < -0.3 is 29.3 Å². The average molecular weight is 714 g/mol. The van der Waals surface area contributed by atoms with E-state index in [2.05, 4.69) is 10.6 Å². The standard InChI is InChI=1S/C35H44N3O7PS2/c1-24(2)32(46(42,44-26-14-18-28(47-5)19-15-26)45-27-16-20-29(48-6)21-17-27)36-31(39)30-13-10-22-38(30)33(40)35(3,4)37-34(41)43-23-25-11-8-7-9-12-25/h7-9,11-12,14-21,24,30,32H,10,13,22-23H2,1-6H3,(H,36,39)(H,37,41)/t30-,32?/m0/s1. The number of hydrogen-bond acceptors (Lipinski definition) is 9. The van der Waals surface area contributed by atoms with E-state index in [1.807, 2.05) is 81.0 Å². The Labute approximate surface area is 291 Å². The van der Waals surface area contributed by atoms with Gasteiger partial charge in [-0.15, -0.1) is 23.5 Å². The van der Waals surface area contributed by atoms with Crippen LogP contribution in [0, 0.1) is 5.92 Å². The minimum absolute atomic E-state index is 0.0515. The lowest BCUT2D eigenvalue weighted by molar-refractivity contribution is -0.142. The summed E-state index contributed by atoms with van der Waals surface area (Å²) in [6.45, 7) is 7.17. The molecule has 2 atom stereocenters. The number of thioether (sulfide) groups is 2. The van der Waals surface area contributed by atoms with Crippen LogP contribution in [0.5, 0.6) is 11.5 Å². The van der Waals surface area contributed by atoms with Crippen LogP contribution in [0.4, 0.5) is 4.79 Å². The van der Waals surface area contributed by atoms with Crippen LogP contribution in [0.25, 0.3) is 0 Å². The van der Waals surface area contributed by atoms with E-state index in [-0.39, 0.29) is 12.5 Å². The first kappa shape index (κ1) is 37.2. The molecule has 4 rings (SSSR count). The van der Waals surface area contributed by atoms with Gasteiger partial charge in [0.15, 0.2) is 5.78 Å². The number of amides is 3. The van der Waals surface area contributed by atoms with Gasteiger partial charge in [0.25, 0.3) is 0 Å². The number of ether oxygens (including phenoxy) is 1. The summed E-state index contributed by atoms with van der Waals surface area (Å²) in [4.78, 5) is 43.8. The minimum Gasteiger partial charge on any atom is -0.445 e. The highest BCUT2D eigenvalue weighted by Crippen LogP contribution is 2.54. The normalized spacial score (nSPS) is 15.5. The van der Waals surface area contributed by atoms with E-state index < -0.39 is 42.9 Å². The predicted octanol–water partition coefficient (Wildman–Crippen LogP) is 7.58. The van der Waals surface area contributed by atoms with Gasteiger partial charge in [-0.2, -0.15) is 0 Å². The molecule has 1 saturated heterocycles. The second-order valence-electron chi connectivity index (χ2n) is 12.2. The smallest absolute Gasteiger partial charge is 0.445 e. The van der Waals surface area contributed by atoms with Crippen molar-refractivity contribution in [1.82, 2.24) is 15.5 Å². The molecule has 3 aromatic carbocycles. The molecule has 0 radical (unpaired) electrons. The largest absolute Gasteiger partial charge is 0.453 e. The molecule has 1 fully saturated rings. The molecule has 0 aliphatic carbocycles. The van der Waals surface area contributed by atoms with Gasteiger partial charge in [0.05, 0.1) is 0 Å². The molecule has 258 valence electrons. The highest BCUT2D eigenvalue weighted by molar-refractivity contribution is 7.98. The van der Waals surface area contributed by atoms with Gasteiger partial charge in [0, 0.05) is 16.3 Å². The summed E-state index contributed by atoms with van der Waals surface area (Å²) in [5, 5.41) is 5.58. The maximum atomic E-state index is 14.8. The molecule has 10 nitrogen and oxygen atoms in total. The van der Waals surface area contributed by atoms with E-state index in [0.717, 1.165) is 15.4 Å². The molecule has 1 unspecified atom stereocenters. The number of likely N-dealkylation sites (tertiary alicyclic amines) is 1. The summed E-state index contributed by atoms with van der Waals surface area (Å²) in [6.07, 6.45) is 4.15. The van der Waals surface area contributed by atoms with E-state index in [0.29, 0.717) is 30.9 Å². The quantitative estimate of drug-likeness (QED) is 0.129. The fourth-order valence-corrected chi connectivity index (χ4v) is 8.19. The third-order valence-electron chi connectivity index (χ3n) is 7.82. The maximum Gasteiger partial charge on any atom is 0.453 e. The van der Waals surface area contributed by atoms with Crippen LogP contribution < -0.4 is 19.7 Å². The van der Waals surface area contributed by atoms with Crippen LogP contribution in [0.1, 0.15) is 46.1 Å². The van der Waals surface area contributed by atoms with Crippen LogP contribution >= 0.6 is 31.1 Å². The summed E-state index contributed by atoms with van der Waals surface area (Å²) in [5.74, 6) is -1.68. The Bertz CT molecular complexity index is 1530. The van der Waals surface area contributed by atoms with Crippen molar-refractivity contribution in [3.05, 3.63) is 84.4 Å². The molecule has 1 heterocycles. The summed E-state index contributed by atoms with van der Waals surface area (Å²) in [7, 11) is -4.12. The number of carbonyl (C=O) groups is 3. The molecule has 3 aromatic rings. The van der Waals surface area contributed by atoms with Gasteiger partial charge in [-0.25, -0.2) is 9.36 Å². The number of nitrogens with zero attached hydrogens (tertiary/aromatic N) is 1. The maximum absolute atomic E-state index is 14.8. The summed E-state index contributed by atoms with van der Waals surface area (Å²) < 4.78 is 32.4. The number of rotatable bonds is 14. The lowest BCUT2D eigenvalue weighted by Gasteiger charge is -2.35. The highest BCUT2D eigenvalue weighted by atomic mass is 32.2. The Morgan fingerprint density at radius 3 is 1.94 bits per heavy atom. The Balaban J connectivity index is 1.52. The van der Waals surface area contributed by atoms with E-state index in [1.54, 1.807) is 61.6 Å². The van der Waals surface area contributed by atoms with Crippen LogP contribution in [0.3, 0.4) is 0 Å². The third-order valence-corrected chi connectivity index (χ3v) is 11.6. The van der Waals surface area contributed by atoms with Gasteiger partial charge in [-0.1, -0.05) is 44.2 Å². The molecular formula is C35H44N3O7PS2. The molecule has 0 spiro atoms. The number of benzene rings is 3. The average Bonchev–Trinajstić information content (AvgIpc) is 3.56. The van der Waals surface area contributed by atoms with Gasteiger partial charge in [0.1, 0.15) is 29.7 Å². The van der Waals surface area contributed by atoms with Crippen molar-refractivity contribution >= 4 is 49.0 Å². The first-order valence-electron chi connectivity index (χ1n) is 15.7. The lowest BCUT2D eigenvalue weighted by Crippen LogP contribution is -2.59. The lowest BCUT2D eigenvalue weighted by atomic mass is 10.0. The minimum atomic E-state index is -4.12. The number of alkyl carbamates (subject to hydrolysis) is 1. The van der Waals surface area contributed by atoms with Crippen molar-refractivity contribution < 1.29 is 32.7 Å². The molecule has 0 aromatic heterocycles. The fourth-order valence-electron chi connectivity index (χ4n) is 5.26. The molecule has 48 heavy (non-hydrogen) atoms. The Morgan fingerprint density at radius 1 is 0.896 bits per heavy atom. The SMILES string of the molecule is CSc1ccc(OP(=O)(Oc2ccc(SC)cc2)C(NC(=O)[C@@H]2CCCN2C(=O)C(C)(C)NC(=O)OCc2ccccc2)C(C)C)cc1. The van der Waals surface area contributed by atoms with E-state index in [1.165, 1.54) is 4.90 Å². The molecule has 3 amide bonds. The second-order valence-corrected chi connectivity index (χ2v) is 16.0. The molecule has 1 aliphatic heterocycles. The molecule has 0 saturated carbocycles. The molecule has 0 bridgehead atoms. The van der Waals surface area contributed by atoms with Crippen molar-refractivity contribution in [1.29, 1.82) is 0 Å². The fraction of sp³-hybridized carbons (Fsp3) is 0.400. The second kappa shape index (κ2) is 16.7. The van der Waals surface area contributed by atoms with Crippen molar-refractivity contribution in [3.8, 4) is 11.5 Å². The Hall–Kier alpha value is -3.60. The zero-order valence-electron chi connectivity index (χ0n) is 28.1. The first-order chi connectivity index (χ1) is 22.8. The molecular weight excluding hydrogens is 670 g/mol. The van der Waals surface area contributed by atoms with Crippen LogP contribution in [-0.4, -0.2) is 59.2 Å². The number of nitrogens with one attached hydrogen (secondary N) is 2. The number of carbonyl (C=O) groups excluding carboxylic acids is 3. The monoisotopic (exact) mass is 713 g/mol. The summed E-state index contributed by atoms with van der Waals surface area (Å²) in [5.41, 5.74) is -0.548. The van der Waals surface area contributed by atoms with Crippen molar-refractivity contribution in [2.45, 2.75) is 74.3 Å². The van der Waals surface area contributed by atoms with Crippen molar-refractivity contribution in [3.63, 3.8) is 0 Å². The molecule has 1 aliphatic rings.